The maximum Gasteiger partial charge on any atom is 0.219 e. The lowest BCUT2D eigenvalue weighted by Gasteiger charge is -2.08. The van der Waals surface area contributed by atoms with Gasteiger partial charge >= 0.3 is 0 Å². The van der Waals surface area contributed by atoms with Gasteiger partial charge in [0, 0.05) is 25.9 Å². The van der Waals surface area contributed by atoms with Crippen LogP contribution in [-0.4, -0.2) is 18.6 Å². The van der Waals surface area contributed by atoms with Gasteiger partial charge in [-0.05, 0) is 36.2 Å². The molecule has 21 heavy (non-hydrogen) atoms. The fourth-order valence-electron chi connectivity index (χ4n) is 1.97. The fraction of sp³-hybridized carbons (Fsp3) is 0.353. The Hall–Kier alpha value is -1.91. The van der Waals surface area contributed by atoms with Crippen LogP contribution in [0.3, 0.4) is 0 Å². The molecule has 1 aromatic heterocycles. The number of rotatable bonds is 8. The number of pyridine rings is 1. The van der Waals surface area contributed by atoms with Gasteiger partial charge in [0.2, 0.25) is 5.88 Å². The van der Waals surface area contributed by atoms with Crippen molar-refractivity contribution in [3.05, 3.63) is 53.7 Å². The molecule has 0 spiro atoms. The molecule has 0 aliphatic carbocycles. The van der Waals surface area contributed by atoms with E-state index >= 15 is 0 Å². The van der Waals surface area contributed by atoms with Gasteiger partial charge in [0.15, 0.2) is 0 Å². The second-order valence-corrected chi connectivity index (χ2v) is 4.86. The molecule has 0 bridgehead atoms. The summed E-state index contributed by atoms with van der Waals surface area (Å²) in [5.74, 6) is 1.37. The Balaban J connectivity index is 1.95. The van der Waals surface area contributed by atoms with E-state index in [1.807, 2.05) is 42.6 Å². The minimum atomic E-state index is 0.576. The largest absolute Gasteiger partial charge is 0.439 e. The molecule has 0 aliphatic heterocycles. The molecule has 1 heterocycles. The molecule has 0 fully saturated rings. The highest BCUT2D eigenvalue weighted by Crippen LogP contribution is 2.20. The zero-order valence-corrected chi connectivity index (χ0v) is 12.6. The number of nitrogens with one attached hydrogen (secondary N) is 1. The molecule has 0 saturated carbocycles. The van der Waals surface area contributed by atoms with E-state index in [9.17, 15) is 0 Å². The summed E-state index contributed by atoms with van der Waals surface area (Å²) in [5.41, 5.74) is 2.24. The summed E-state index contributed by atoms with van der Waals surface area (Å²) < 4.78 is 10.9. The molecule has 0 amide bonds. The number of ether oxygens (including phenoxy) is 2. The number of methoxy groups -OCH3 is 1. The highest BCUT2D eigenvalue weighted by molar-refractivity contribution is 5.31. The Labute approximate surface area is 126 Å². The predicted molar refractivity (Wildman–Crippen MR) is 83.5 cm³/mol. The average Bonchev–Trinajstić information content (AvgIpc) is 2.50. The molecule has 4 heteroatoms. The minimum absolute atomic E-state index is 0.576. The van der Waals surface area contributed by atoms with Gasteiger partial charge in [0.25, 0.3) is 0 Å². The molecule has 1 aromatic carbocycles. The first-order valence-corrected chi connectivity index (χ1v) is 7.23. The third-order valence-electron chi connectivity index (χ3n) is 2.99. The molecule has 112 valence electrons. The van der Waals surface area contributed by atoms with Crippen molar-refractivity contribution >= 4 is 0 Å². The van der Waals surface area contributed by atoms with Crippen LogP contribution in [0.15, 0.2) is 42.6 Å². The molecule has 4 nitrogen and oxygen atoms in total. The molecule has 2 aromatic rings. The maximum absolute atomic E-state index is 5.76. The van der Waals surface area contributed by atoms with Gasteiger partial charge in [0.05, 0.1) is 6.61 Å². The second kappa shape index (κ2) is 8.39. The van der Waals surface area contributed by atoms with E-state index in [-0.39, 0.29) is 0 Å². The first-order chi connectivity index (χ1) is 10.3. The highest BCUT2D eigenvalue weighted by atomic mass is 16.5. The summed E-state index contributed by atoms with van der Waals surface area (Å²) >= 11 is 0. The third kappa shape index (κ3) is 5.17. The van der Waals surface area contributed by atoms with Crippen molar-refractivity contribution in [1.29, 1.82) is 0 Å². The van der Waals surface area contributed by atoms with Crippen molar-refractivity contribution in [2.75, 3.05) is 13.7 Å². The fourth-order valence-corrected chi connectivity index (χ4v) is 1.97. The Morgan fingerprint density at radius 1 is 1.14 bits per heavy atom. The van der Waals surface area contributed by atoms with E-state index in [4.69, 9.17) is 9.47 Å². The predicted octanol–water partition coefficient (Wildman–Crippen LogP) is 3.52. The summed E-state index contributed by atoms with van der Waals surface area (Å²) in [6.07, 6.45) is 2.98. The van der Waals surface area contributed by atoms with Crippen LogP contribution in [-0.2, 0) is 17.9 Å². The van der Waals surface area contributed by atoms with Crippen LogP contribution in [0.1, 0.15) is 24.5 Å². The molecular formula is C17H22N2O2. The van der Waals surface area contributed by atoms with Crippen molar-refractivity contribution in [2.24, 2.45) is 0 Å². The van der Waals surface area contributed by atoms with E-state index in [2.05, 4.69) is 17.2 Å². The smallest absolute Gasteiger partial charge is 0.219 e. The number of nitrogens with zero attached hydrogens (tertiary/aromatic N) is 1. The van der Waals surface area contributed by atoms with E-state index < -0.39 is 0 Å². The van der Waals surface area contributed by atoms with Crippen LogP contribution in [0.5, 0.6) is 11.6 Å². The van der Waals surface area contributed by atoms with E-state index in [0.717, 1.165) is 36.4 Å². The van der Waals surface area contributed by atoms with Crippen LogP contribution in [0, 0.1) is 0 Å². The summed E-state index contributed by atoms with van der Waals surface area (Å²) in [5, 5.41) is 3.35. The van der Waals surface area contributed by atoms with Gasteiger partial charge < -0.3 is 14.8 Å². The monoisotopic (exact) mass is 286 g/mol. The quantitative estimate of drug-likeness (QED) is 0.754. The van der Waals surface area contributed by atoms with Crippen molar-refractivity contribution in [2.45, 2.75) is 26.5 Å². The molecule has 0 atom stereocenters. The van der Waals surface area contributed by atoms with Crippen molar-refractivity contribution < 1.29 is 9.47 Å². The van der Waals surface area contributed by atoms with Gasteiger partial charge in [0.1, 0.15) is 5.75 Å². The van der Waals surface area contributed by atoms with E-state index in [0.29, 0.717) is 12.5 Å². The highest BCUT2D eigenvalue weighted by Gasteiger charge is 2.01. The summed E-state index contributed by atoms with van der Waals surface area (Å²) in [6.45, 7) is 4.58. The lowest BCUT2D eigenvalue weighted by atomic mass is 10.2. The Morgan fingerprint density at radius 3 is 2.76 bits per heavy atom. The molecule has 0 unspecified atom stereocenters. The Kier molecular flexibility index (Phi) is 6.19. The van der Waals surface area contributed by atoms with Crippen LogP contribution < -0.4 is 10.1 Å². The number of benzene rings is 1. The van der Waals surface area contributed by atoms with E-state index in [1.165, 1.54) is 0 Å². The van der Waals surface area contributed by atoms with Crippen LogP contribution in [0.4, 0.5) is 0 Å². The van der Waals surface area contributed by atoms with Crippen LogP contribution in [0.2, 0.25) is 0 Å². The van der Waals surface area contributed by atoms with Crippen LogP contribution >= 0.6 is 0 Å². The van der Waals surface area contributed by atoms with Gasteiger partial charge in [-0.15, -0.1) is 0 Å². The summed E-state index contributed by atoms with van der Waals surface area (Å²) in [6, 6.07) is 11.8. The molecule has 1 N–H and O–H groups in total. The first kappa shape index (κ1) is 15.5. The third-order valence-corrected chi connectivity index (χ3v) is 2.99. The lowest BCUT2D eigenvalue weighted by molar-refractivity contribution is 0.184. The zero-order valence-electron chi connectivity index (χ0n) is 12.6. The number of hydrogen-bond acceptors (Lipinski definition) is 4. The van der Waals surface area contributed by atoms with Gasteiger partial charge in [-0.1, -0.05) is 25.1 Å². The Bertz CT molecular complexity index is 541. The standard InChI is InChI=1S/C17H22N2O2/c1-3-9-18-11-15-7-8-17(19-12-15)21-16-6-4-5-14(10-16)13-20-2/h4-8,10,12,18H,3,9,11,13H2,1-2H3. The van der Waals surface area contributed by atoms with Crippen molar-refractivity contribution in [1.82, 2.24) is 10.3 Å². The molecule has 0 radical (unpaired) electrons. The number of hydrogen-bond donors (Lipinski definition) is 1. The molecular weight excluding hydrogens is 264 g/mol. The zero-order chi connectivity index (χ0) is 14.9. The lowest BCUT2D eigenvalue weighted by Crippen LogP contribution is -2.13. The topological polar surface area (TPSA) is 43.4 Å². The van der Waals surface area contributed by atoms with Crippen molar-refractivity contribution in [3.63, 3.8) is 0 Å². The Morgan fingerprint density at radius 2 is 2.05 bits per heavy atom. The maximum atomic E-state index is 5.76. The van der Waals surface area contributed by atoms with Gasteiger partial charge in [-0.3, -0.25) is 0 Å². The summed E-state index contributed by atoms with van der Waals surface area (Å²) in [7, 11) is 1.68. The molecule has 0 saturated heterocycles. The normalized spacial score (nSPS) is 10.6. The molecule has 2 rings (SSSR count). The second-order valence-electron chi connectivity index (χ2n) is 4.86. The minimum Gasteiger partial charge on any atom is -0.439 e. The number of aromatic nitrogens is 1. The van der Waals surface area contributed by atoms with Crippen molar-refractivity contribution in [3.8, 4) is 11.6 Å². The molecule has 0 aliphatic rings. The van der Waals surface area contributed by atoms with E-state index in [1.54, 1.807) is 7.11 Å². The first-order valence-electron chi connectivity index (χ1n) is 7.23. The van der Waals surface area contributed by atoms with Gasteiger partial charge in [-0.25, -0.2) is 4.98 Å². The SMILES string of the molecule is CCCNCc1ccc(Oc2cccc(COC)c2)nc1. The van der Waals surface area contributed by atoms with Crippen LogP contribution in [0.25, 0.3) is 0 Å². The van der Waals surface area contributed by atoms with Gasteiger partial charge in [-0.2, -0.15) is 0 Å². The average molecular weight is 286 g/mol. The summed E-state index contributed by atoms with van der Waals surface area (Å²) in [4.78, 5) is 4.33.